The van der Waals surface area contributed by atoms with Crippen molar-refractivity contribution in [1.82, 2.24) is 0 Å². The highest BCUT2D eigenvalue weighted by atomic mass is 35.5. The number of esters is 1. The monoisotopic (exact) mass is 366 g/mol. The molecular weight excluding hydrogens is 351 g/mol. The van der Waals surface area contributed by atoms with Gasteiger partial charge in [-0.15, -0.1) is 0 Å². The van der Waals surface area contributed by atoms with Gasteiger partial charge in [0.1, 0.15) is 6.04 Å². The second-order valence-electron chi connectivity index (χ2n) is 5.05. The van der Waals surface area contributed by atoms with Crippen LogP contribution in [0.15, 0.2) is 42.5 Å². The number of halogens is 2. The number of amides is 1. The smallest absolute Gasteiger partial charge is 0.337 e. The van der Waals surface area contributed by atoms with E-state index < -0.39 is 12.0 Å². The third kappa shape index (κ3) is 4.63. The van der Waals surface area contributed by atoms with Gasteiger partial charge in [0.15, 0.2) is 0 Å². The second-order valence-corrected chi connectivity index (χ2v) is 5.89. The van der Waals surface area contributed by atoms with Crippen molar-refractivity contribution in [2.45, 2.75) is 13.0 Å². The lowest BCUT2D eigenvalue weighted by Crippen LogP contribution is -2.31. The van der Waals surface area contributed by atoms with Crippen LogP contribution in [0.25, 0.3) is 0 Å². The van der Waals surface area contributed by atoms with E-state index in [4.69, 9.17) is 23.2 Å². The first-order chi connectivity index (χ1) is 11.4. The molecule has 2 rings (SSSR count). The van der Waals surface area contributed by atoms with E-state index in [1.54, 1.807) is 49.4 Å². The van der Waals surface area contributed by atoms with Gasteiger partial charge in [0.2, 0.25) is 5.91 Å². The topological polar surface area (TPSA) is 67.4 Å². The fourth-order valence-corrected chi connectivity index (χ4v) is 2.31. The normalized spacial score (nSPS) is 11.5. The van der Waals surface area contributed by atoms with Crippen molar-refractivity contribution in [3.63, 3.8) is 0 Å². The van der Waals surface area contributed by atoms with E-state index in [1.165, 1.54) is 7.11 Å². The Bertz CT molecular complexity index is 748. The number of rotatable bonds is 5. The highest BCUT2D eigenvalue weighted by Crippen LogP contribution is 2.25. The Morgan fingerprint density at radius 3 is 2.38 bits per heavy atom. The Labute approximate surface area is 149 Å². The lowest BCUT2D eigenvalue weighted by molar-refractivity contribution is -0.116. The number of carbonyl (C=O) groups excluding carboxylic acids is 2. The molecule has 24 heavy (non-hydrogen) atoms. The Hall–Kier alpha value is -2.24. The van der Waals surface area contributed by atoms with Crippen LogP contribution in [0, 0.1) is 0 Å². The molecule has 0 spiro atoms. The first kappa shape index (κ1) is 18.1. The summed E-state index contributed by atoms with van der Waals surface area (Å²) < 4.78 is 4.64. The molecule has 7 heteroatoms. The van der Waals surface area contributed by atoms with E-state index in [9.17, 15) is 9.59 Å². The Morgan fingerprint density at radius 1 is 1.08 bits per heavy atom. The van der Waals surface area contributed by atoms with Gasteiger partial charge >= 0.3 is 5.97 Å². The standard InChI is InChI=1S/C17H16Cl2N2O3/c1-10(16(22)21-15-9-12(18)5-8-14(15)19)20-13-6-3-11(4-7-13)17(23)24-2/h3-10,20H,1-2H3,(H,21,22)/t10-/m1/s1. The molecule has 0 aliphatic heterocycles. The molecule has 0 aliphatic rings. The molecule has 2 N–H and O–H groups in total. The largest absolute Gasteiger partial charge is 0.465 e. The van der Waals surface area contributed by atoms with E-state index in [0.717, 1.165) is 0 Å². The van der Waals surface area contributed by atoms with E-state index in [1.807, 2.05) is 0 Å². The molecule has 0 heterocycles. The van der Waals surface area contributed by atoms with Crippen LogP contribution in [0.1, 0.15) is 17.3 Å². The Kier molecular flexibility index (Phi) is 6.06. The summed E-state index contributed by atoms with van der Waals surface area (Å²) in [4.78, 5) is 23.6. The van der Waals surface area contributed by atoms with Crippen LogP contribution in [-0.4, -0.2) is 25.0 Å². The van der Waals surface area contributed by atoms with E-state index in [2.05, 4.69) is 15.4 Å². The van der Waals surface area contributed by atoms with Crippen LogP contribution in [0.2, 0.25) is 10.0 Å². The maximum Gasteiger partial charge on any atom is 0.337 e. The van der Waals surface area contributed by atoms with Crippen LogP contribution < -0.4 is 10.6 Å². The van der Waals surface area contributed by atoms with Crippen LogP contribution in [-0.2, 0) is 9.53 Å². The van der Waals surface area contributed by atoms with Gasteiger partial charge in [-0.3, -0.25) is 4.79 Å². The summed E-state index contributed by atoms with van der Waals surface area (Å²) in [6.45, 7) is 1.71. The third-order valence-electron chi connectivity index (χ3n) is 3.27. The molecule has 0 aromatic heterocycles. The highest BCUT2D eigenvalue weighted by Gasteiger charge is 2.15. The van der Waals surface area contributed by atoms with E-state index >= 15 is 0 Å². The summed E-state index contributed by atoms with van der Waals surface area (Å²) in [6, 6.07) is 10.9. The van der Waals surface area contributed by atoms with Crippen molar-refractivity contribution in [3.05, 3.63) is 58.1 Å². The maximum absolute atomic E-state index is 12.3. The molecule has 0 bridgehead atoms. The average molecular weight is 367 g/mol. The van der Waals surface area contributed by atoms with Gasteiger partial charge in [-0.05, 0) is 49.4 Å². The summed E-state index contributed by atoms with van der Waals surface area (Å²) in [5, 5.41) is 6.64. The molecule has 0 radical (unpaired) electrons. The summed E-state index contributed by atoms with van der Waals surface area (Å²) >= 11 is 11.9. The number of ether oxygens (including phenoxy) is 1. The van der Waals surface area contributed by atoms with Crippen LogP contribution >= 0.6 is 23.2 Å². The predicted octanol–water partition coefficient (Wildman–Crippen LogP) is 4.22. The second kappa shape index (κ2) is 8.04. The van der Waals surface area contributed by atoms with Gasteiger partial charge in [0.05, 0.1) is 23.4 Å². The number of methoxy groups -OCH3 is 1. The lowest BCUT2D eigenvalue weighted by atomic mass is 10.2. The van der Waals surface area contributed by atoms with Gasteiger partial charge < -0.3 is 15.4 Å². The van der Waals surface area contributed by atoms with Gasteiger partial charge in [-0.2, -0.15) is 0 Å². The number of carbonyl (C=O) groups is 2. The molecule has 0 fully saturated rings. The van der Waals surface area contributed by atoms with E-state index in [0.29, 0.717) is 27.0 Å². The van der Waals surface area contributed by atoms with Gasteiger partial charge in [-0.25, -0.2) is 4.79 Å². The minimum atomic E-state index is -0.524. The number of anilines is 2. The quantitative estimate of drug-likeness (QED) is 0.777. The van der Waals surface area contributed by atoms with Crippen LogP contribution in [0.4, 0.5) is 11.4 Å². The minimum Gasteiger partial charge on any atom is -0.465 e. The van der Waals surface area contributed by atoms with Crippen molar-refractivity contribution in [2.75, 3.05) is 17.7 Å². The zero-order chi connectivity index (χ0) is 17.7. The van der Waals surface area contributed by atoms with Crippen molar-refractivity contribution in [2.24, 2.45) is 0 Å². The van der Waals surface area contributed by atoms with Crippen LogP contribution in [0.5, 0.6) is 0 Å². The molecular formula is C17H16Cl2N2O3. The molecule has 2 aromatic rings. The molecule has 0 unspecified atom stereocenters. The molecule has 126 valence electrons. The fourth-order valence-electron chi connectivity index (χ4n) is 1.97. The average Bonchev–Trinajstić information content (AvgIpc) is 2.58. The van der Waals surface area contributed by atoms with Gasteiger partial charge in [0, 0.05) is 10.7 Å². The molecule has 0 aliphatic carbocycles. The minimum absolute atomic E-state index is 0.267. The zero-order valence-electron chi connectivity index (χ0n) is 13.1. The van der Waals surface area contributed by atoms with E-state index in [-0.39, 0.29) is 5.91 Å². The number of hydrogen-bond acceptors (Lipinski definition) is 4. The number of nitrogens with one attached hydrogen (secondary N) is 2. The highest BCUT2D eigenvalue weighted by molar-refractivity contribution is 6.35. The molecule has 1 amide bonds. The molecule has 2 aromatic carbocycles. The van der Waals surface area contributed by atoms with Crippen molar-refractivity contribution < 1.29 is 14.3 Å². The number of benzene rings is 2. The summed E-state index contributed by atoms with van der Waals surface area (Å²) in [5.41, 5.74) is 1.58. The van der Waals surface area contributed by atoms with Gasteiger partial charge in [-0.1, -0.05) is 23.2 Å². The fraction of sp³-hybridized carbons (Fsp3) is 0.176. The Morgan fingerprint density at radius 2 is 1.75 bits per heavy atom. The summed E-state index contributed by atoms with van der Waals surface area (Å²) in [5.74, 6) is -0.681. The third-order valence-corrected chi connectivity index (χ3v) is 3.83. The van der Waals surface area contributed by atoms with Crippen LogP contribution in [0.3, 0.4) is 0 Å². The van der Waals surface area contributed by atoms with Gasteiger partial charge in [0.25, 0.3) is 0 Å². The summed E-state index contributed by atoms with van der Waals surface area (Å²) in [7, 11) is 1.32. The SMILES string of the molecule is COC(=O)c1ccc(N[C@H](C)C(=O)Nc2cc(Cl)ccc2Cl)cc1. The zero-order valence-corrected chi connectivity index (χ0v) is 14.6. The van der Waals surface area contributed by atoms with Crippen molar-refractivity contribution in [1.29, 1.82) is 0 Å². The predicted molar refractivity (Wildman–Crippen MR) is 96.0 cm³/mol. The Balaban J connectivity index is 2.01. The molecule has 1 atom stereocenters. The first-order valence-electron chi connectivity index (χ1n) is 7.11. The molecule has 5 nitrogen and oxygen atoms in total. The molecule has 0 saturated carbocycles. The molecule has 0 saturated heterocycles. The number of hydrogen-bond donors (Lipinski definition) is 2. The lowest BCUT2D eigenvalue weighted by Gasteiger charge is -2.16. The maximum atomic E-state index is 12.3. The summed E-state index contributed by atoms with van der Waals surface area (Å²) in [6.07, 6.45) is 0. The van der Waals surface area contributed by atoms with Crippen molar-refractivity contribution in [3.8, 4) is 0 Å². The first-order valence-corrected chi connectivity index (χ1v) is 7.87. The van der Waals surface area contributed by atoms with Crippen molar-refractivity contribution >= 4 is 46.5 Å².